The number of phenols is 2. The Balaban J connectivity index is 2.30. The van der Waals surface area contributed by atoms with Crippen LogP contribution in [0.2, 0.25) is 0 Å². The van der Waals surface area contributed by atoms with Crippen molar-refractivity contribution in [3.8, 4) is 11.5 Å². The maximum atomic E-state index is 12.0. The van der Waals surface area contributed by atoms with E-state index in [1.165, 1.54) is 12.1 Å². The smallest absolute Gasteiger partial charge is 0.233 e. The highest BCUT2D eigenvalue weighted by atomic mass is 127. The monoisotopic (exact) mass is 368 g/mol. The lowest BCUT2D eigenvalue weighted by molar-refractivity contribution is 0.0816. The van der Waals surface area contributed by atoms with E-state index in [4.69, 9.17) is 5.11 Å². The van der Waals surface area contributed by atoms with Crippen LogP contribution in [0, 0.1) is 3.57 Å². The summed E-state index contributed by atoms with van der Waals surface area (Å²) in [7, 11) is 0. The van der Waals surface area contributed by atoms with Gasteiger partial charge in [-0.05, 0) is 65.1 Å². The molecule has 96 valence electrons. The molecule has 0 heterocycles. The number of benzene rings is 2. The van der Waals surface area contributed by atoms with Crippen LogP contribution in [0.15, 0.2) is 42.5 Å². The molecule has 0 aliphatic carbocycles. The molecule has 0 atom stereocenters. The van der Waals surface area contributed by atoms with Gasteiger partial charge in [0, 0.05) is 14.7 Å². The third-order valence-corrected chi connectivity index (χ3v) is 3.27. The second-order valence-electron chi connectivity index (χ2n) is 3.87. The summed E-state index contributed by atoms with van der Waals surface area (Å²) < 4.78 is 0.962. The number of carbonyl (C=O) groups is 2. The minimum absolute atomic E-state index is 0.0406. The van der Waals surface area contributed by atoms with Crippen LogP contribution >= 0.6 is 22.6 Å². The molecule has 2 rings (SSSR count). The maximum Gasteiger partial charge on any atom is 0.233 e. The first-order valence-electron chi connectivity index (χ1n) is 5.35. The topological polar surface area (TPSA) is 74.6 Å². The summed E-state index contributed by atoms with van der Waals surface area (Å²) in [5, 5.41) is 18.5. The van der Waals surface area contributed by atoms with Crippen molar-refractivity contribution >= 4 is 34.2 Å². The summed E-state index contributed by atoms with van der Waals surface area (Å²) >= 11 is 2.10. The lowest BCUT2D eigenvalue weighted by atomic mass is 10.0. The van der Waals surface area contributed by atoms with Crippen molar-refractivity contribution in [2.24, 2.45) is 0 Å². The minimum atomic E-state index is -0.725. The van der Waals surface area contributed by atoms with Crippen LogP contribution in [-0.2, 0) is 0 Å². The van der Waals surface area contributed by atoms with E-state index >= 15 is 0 Å². The molecular weight excluding hydrogens is 359 g/mol. The van der Waals surface area contributed by atoms with Crippen LogP contribution in [0.4, 0.5) is 0 Å². The van der Waals surface area contributed by atoms with Crippen molar-refractivity contribution in [1.29, 1.82) is 0 Å². The molecule has 0 aliphatic heterocycles. The molecule has 0 aromatic heterocycles. The third-order valence-electron chi connectivity index (χ3n) is 2.55. The summed E-state index contributed by atoms with van der Waals surface area (Å²) in [5.41, 5.74) is 0.330. The second kappa shape index (κ2) is 5.40. The maximum absolute atomic E-state index is 12.0. The van der Waals surface area contributed by atoms with E-state index in [2.05, 4.69) is 22.6 Å². The first kappa shape index (κ1) is 13.5. The van der Waals surface area contributed by atoms with Gasteiger partial charge in [-0.1, -0.05) is 0 Å². The molecule has 0 fully saturated rings. The van der Waals surface area contributed by atoms with Crippen LogP contribution in [-0.4, -0.2) is 21.8 Å². The molecule has 2 N–H and O–H groups in total. The standard InChI is InChI=1S/C14H9IO4/c15-10-4-1-8(2-5-10)13(18)14(19)9-3-6-11(16)12(17)7-9/h1-7,16-17H. The molecule has 0 unspecified atom stereocenters. The van der Waals surface area contributed by atoms with Crippen LogP contribution < -0.4 is 0 Å². The molecule has 4 nitrogen and oxygen atoms in total. The molecular formula is C14H9IO4. The second-order valence-corrected chi connectivity index (χ2v) is 5.11. The Morgan fingerprint density at radius 3 is 1.89 bits per heavy atom. The van der Waals surface area contributed by atoms with Crippen molar-refractivity contribution in [2.45, 2.75) is 0 Å². The molecule has 0 bridgehead atoms. The van der Waals surface area contributed by atoms with Crippen LogP contribution in [0.1, 0.15) is 20.7 Å². The molecule has 2 aromatic rings. The molecule has 5 heteroatoms. The van der Waals surface area contributed by atoms with Gasteiger partial charge in [0.2, 0.25) is 11.6 Å². The van der Waals surface area contributed by atoms with Crippen molar-refractivity contribution in [3.05, 3.63) is 57.2 Å². The fourth-order valence-electron chi connectivity index (χ4n) is 1.53. The van der Waals surface area contributed by atoms with E-state index in [0.29, 0.717) is 0 Å². The van der Waals surface area contributed by atoms with Crippen molar-refractivity contribution in [3.63, 3.8) is 0 Å². The summed E-state index contributed by atoms with van der Waals surface area (Å²) in [6.45, 7) is 0. The Bertz CT molecular complexity index is 647. The number of phenolic OH excluding ortho intramolecular Hbond substituents is 2. The van der Waals surface area contributed by atoms with Gasteiger partial charge in [0.15, 0.2) is 11.5 Å². The molecule has 0 saturated carbocycles. The number of aromatic hydroxyl groups is 2. The predicted molar refractivity (Wildman–Crippen MR) is 77.6 cm³/mol. The fourth-order valence-corrected chi connectivity index (χ4v) is 1.89. The van der Waals surface area contributed by atoms with Gasteiger partial charge in [-0.2, -0.15) is 0 Å². The third kappa shape index (κ3) is 2.93. The zero-order chi connectivity index (χ0) is 14.0. The number of Topliss-reactive ketones (excluding diaryl/α,β-unsaturated/α-hetero) is 2. The average molecular weight is 368 g/mol. The van der Waals surface area contributed by atoms with Gasteiger partial charge in [0.1, 0.15) is 0 Å². The first-order valence-corrected chi connectivity index (χ1v) is 6.43. The van der Waals surface area contributed by atoms with Crippen LogP contribution in [0.25, 0.3) is 0 Å². The lowest BCUT2D eigenvalue weighted by Crippen LogP contribution is -2.14. The molecule has 0 saturated heterocycles. The number of hydrogen-bond acceptors (Lipinski definition) is 4. The number of carbonyl (C=O) groups excluding carboxylic acids is 2. The van der Waals surface area contributed by atoms with Gasteiger partial charge in [-0.25, -0.2) is 0 Å². The molecule has 2 aromatic carbocycles. The summed E-state index contributed by atoms with van der Waals surface area (Å²) in [6.07, 6.45) is 0. The number of rotatable bonds is 3. The zero-order valence-electron chi connectivity index (χ0n) is 9.63. The number of hydrogen-bond donors (Lipinski definition) is 2. The predicted octanol–water partition coefficient (Wildman–Crippen LogP) is 2.77. The van der Waals surface area contributed by atoms with Crippen molar-refractivity contribution in [1.82, 2.24) is 0 Å². The van der Waals surface area contributed by atoms with Crippen LogP contribution in [0.3, 0.4) is 0 Å². The van der Waals surface area contributed by atoms with Gasteiger partial charge in [-0.3, -0.25) is 9.59 Å². The van der Waals surface area contributed by atoms with Crippen molar-refractivity contribution < 1.29 is 19.8 Å². The highest BCUT2D eigenvalue weighted by Gasteiger charge is 2.19. The van der Waals surface area contributed by atoms with E-state index in [1.54, 1.807) is 24.3 Å². The quantitative estimate of drug-likeness (QED) is 0.378. The van der Waals surface area contributed by atoms with Gasteiger partial charge >= 0.3 is 0 Å². The molecule has 0 amide bonds. The van der Waals surface area contributed by atoms with Gasteiger partial charge < -0.3 is 10.2 Å². The Kier molecular flexibility index (Phi) is 3.84. The SMILES string of the molecule is O=C(C(=O)c1ccc(O)c(O)c1)c1ccc(I)cc1. The normalized spacial score (nSPS) is 10.2. The van der Waals surface area contributed by atoms with E-state index < -0.39 is 17.3 Å². The van der Waals surface area contributed by atoms with E-state index in [9.17, 15) is 14.7 Å². The Morgan fingerprint density at radius 2 is 1.32 bits per heavy atom. The molecule has 0 aliphatic rings. The number of halogens is 1. The largest absolute Gasteiger partial charge is 0.504 e. The van der Waals surface area contributed by atoms with Gasteiger partial charge in [-0.15, -0.1) is 0 Å². The Morgan fingerprint density at radius 1 is 0.789 bits per heavy atom. The van der Waals surface area contributed by atoms with Crippen LogP contribution in [0.5, 0.6) is 11.5 Å². The summed E-state index contributed by atoms with van der Waals surface area (Å²) in [5.74, 6) is -2.14. The first-order chi connectivity index (χ1) is 8.99. The van der Waals surface area contributed by atoms with Crippen molar-refractivity contribution in [2.75, 3.05) is 0 Å². The minimum Gasteiger partial charge on any atom is -0.504 e. The van der Waals surface area contributed by atoms with Gasteiger partial charge in [0.05, 0.1) is 0 Å². The highest BCUT2D eigenvalue weighted by Crippen LogP contribution is 2.25. The van der Waals surface area contributed by atoms with E-state index in [-0.39, 0.29) is 16.9 Å². The van der Waals surface area contributed by atoms with E-state index in [0.717, 1.165) is 9.64 Å². The Labute approximate surface area is 122 Å². The summed E-state index contributed by atoms with van der Waals surface area (Å²) in [4.78, 5) is 23.9. The Hall–Kier alpha value is -1.89. The molecule has 19 heavy (non-hydrogen) atoms. The fraction of sp³-hybridized carbons (Fsp3) is 0. The highest BCUT2D eigenvalue weighted by molar-refractivity contribution is 14.1. The van der Waals surface area contributed by atoms with E-state index in [1.807, 2.05) is 0 Å². The lowest BCUT2D eigenvalue weighted by Gasteiger charge is -2.03. The zero-order valence-corrected chi connectivity index (χ0v) is 11.8. The average Bonchev–Trinajstić information content (AvgIpc) is 2.41. The number of ketones is 2. The molecule has 0 spiro atoms. The molecule has 0 radical (unpaired) electrons. The summed E-state index contributed by atoms with van der Waals surface area (Å²) in [6, 6.07) is 10.1. The van der Waals surface area contributed by atoms with Gasteiger partial charge in [0.25, 0.3) is 0 Å².